The third-order valence-electron chi connectivity index (χ3n) is 6.90. The van der Waals surface area contributed by atoms with Gasteiger partial charge in [0.05, 0.1) is 11.4 Å². The third-order valence-corrected chi connectivity index (χ3v) is 6.90. The van der Waals surface area contributed by atoms with Crippen LogP contribution in [-0.2, 0) is 0 Å². The first-order valence-electron chi connectivity index (χ1n) is 11.4. The summed E-state index contributed by atoms with van der Waals surface area (Å²) in [5.41, 5.74) is 2.40. The summed E-state index contributed by atoms with van der Waals surface area (Å²) >= 11 is 0. The SMILES string of the molecule is CCN(CC)C(=O)c1ccc2c(c1)Oc1c(O)cccc1N2CCC1CCC(C)N1C. The fourth-order valence-corrected chi connectivity index (χ4v) is 4.78. The standard InChI is InChI=1S/C25H33N3O3/c1-5-27(6-2)25(30)18-11-13-20-23(16-18)31-24-21(8-7-9-22(24)29)28(20)15-14-19-12-10-17(3)26(19)4/h7-9,11,13,16-17,19,29H,5-6,10,12,14-15H2,1-4H3. The van der Waals surface area contributed by atoms with Crippen LogP contribution in [-0.4, -0.2) is 59.6 Å². The van der Waals surface area contributed by atoms with Gasteiger partial charge in [0.15, 0.2) is 17.2 Å². The zero-order chi connectivity index (χ0) is 22.1. The van der Waals surface area contributed by atoms with Gasteiger partial charge in [0.25, 0.3) is 5.91 Å². The Morgan fingerprint density at radius 3 is 2.61 bits per heavy atom. The quantitative estimate of drug-likeness (QED) is 0.709. The maximum Gasteiger partial charge on any atom is 0.253 e. The van der Waals surface area contributed by atoms with Crippen LogP contribution >= 0.6 is 0 Å². The predicted octanol–water partition coefficient (Wildman–Crippen LogP) is 4.99. The van der Waals surface area contributed by atoms with E-state index in [0.29, 0.717) is 42.2 Å². The molecule has 0 aliphatic carbocycles. The van der Waals surface area contributed by atoms with Crippen LogP contribution in [0.1, 0.15) is 50.4 Å². The molecule has 2 aromatic rings. The van der Waals surface area contributed by atoms with E-state index in [1.807, 2.05) is 44.2 Å². The summed E-state index contributed by atoms with van der Waals surface area (Å²) in [6.07, 6.45) is 3.46. The van der Waals surface area contributed by atoms with Crippen molar-refractivity contribution in [2.24, 2.45) is 0 Å². The topological polar surface area (TPSA) is 56.3 Å². The van der Waals surface area contributed by atoms with Crippen molar-refractivity contribution in [3.05, 3.63) is 42.0 Å². The van der Waals surface area contributed by atoms with Gasteiger partial charge in [0.1, 0.15) is 0 Å². The number of phenols is 1. The summed E-state index contributed by atoms with van der Waals surface area (Å²) in [7, 11) is 2.21. The van der Waals surface area contributed by atoms with Crippen molar-refractivity contribution in [2.45, 2.75) is 52.1 Å². The normalized spacial score (nSPS) is 20.2. The van der Waals surface area contributed by atoms with Gasteiger partial charge in [-0.05, 0) is 77.4 Å². The predicted molar refractivity (Wildman–Crippen MR) is 124 cm³/mol. The Morgan fingerprint density at radius 1 is 1.16 bits per heavy atom. The number of likely N-dealkylation sites (tertiary alicyclic amines) is 1. The van der Waals surface area contributed by atoms with Crippen LogP contribution in [0.5, 0.6) is 17.2 Å². The lowest BCUT2D eigenvalue weighted by Crippen LogP contribution is -2.34. The maximum atomic E-state index is 12.9. The molecule has 2 unspecified atom stereocenters. The Kier molecular flexibility index (Phi) is 6.10. The van der Waals surface area contributed by atoms with Crippen LogP contribution in [0.25, 0.3) is 0 Å². The molecule has 4 rings (SSSR count). The Bertz CT molecular complexity index is 957. The highest BCUT2D eigenvalue weighted by molar-refractivity contribution is 5.96. The van der Waals surface area contributed by atoms with E-state index >= 15 is 0 Å². The number of aromatic hydroxyl groups is 1. The van der Waals surface area contributed by atoms with Crippen LogP contribution in [0.2, 0.25) is 0 Å². The van der Waals surface area contributed by atoms with Crippen molar-refractivity contribution < 1.29 is 14.6 Å². The number of fused-ring (bicyclic) bond motifs is 2. The number of carbonyl (C=O) groups excluding carboxylic acids is 1. The molecule has 2 atom stereocenters. The van der Waals surface area contributed by atoms with E-state index in [4.69, 9.17) is 4.74 Å². The number of hydrogen-bond acceptors (Lipinski definition) is 5. The van der Waals surface area contributed by atoms with Crippen LogP contribution in [0.4, 0.5) is 11.4 Å². The summed E-state index contributed by atoms with van der Waals surface area (Å²) in [6.45, 7) is 8.39. The Morgan fingerprint density at radius 2 is 1.94 bits per heavy atom. The number of rotatable bonds is 6. The van der Waals surface area contributed by atoms with Crippen LogP contribution in [0, 0.1) is 0 Å². The molecule has 6 nitrogen and oxygen atoms in total. The highest BCUT2D eigenvalue weighted by Crippen LogP contribution is 2.50. The van der Waals surface area contributed by atoms with Gasteiger partial charge in [-0.15, -0.1) is 0 Å². The van der Waals surface area contributed by atoms with Gasteiger partial charge in [-0.3, -0.25) is 4.79 Å². The molecule has 1 saturated heterocycles. The van der Waals surface area contributed by atoms with Gasteiger partial charge in [-0.25, -0.2) is 0 Å². The fraction of sp³-hybridized carbons (Fsp3) is 0.480. The van der Waals surface area contributed by atoms with Gasteiger partial charge >= 0.3 is 0 Å². The molecular weight excluding hydrogens is 390 g/mol. The number of carbonyl (C=O) groups is 1. The molecule has 0 spiro atoms. The number of phenolic OH excluding ortho intramolecular Hbond substituents is 1. The smallest absolute Gasteiger partial charge is 0.253 e. The van der Waals surface area contributed by atoms with E-state index in [1.165, 1.54) is 12.8 Å². The van der Waals surface area contributed by atoms with Crippen molar-refractivity contribution in [3.8, 4) is 17.2 Å². The number of para-hydroxylation sites is 1. The molecule has 1 N–H and O–H groups in total. The van der Waals surface area contributed by atoms with E-state index in [1.54, 1.807) is 11.0 Å². The van der Waals surface area contributed by atoms with Gasteiger partial charge in [0, 0.05) is 37.3 Å². The van der Waals surface area contributed by atoms with E-state index in [0.717, 1.165) is 24.3 Å². The largest absolute Gasteiger partial charge is 0.504 e. The lowest BCUT2D eigenvalue weighted by Gasteiger charge is -2.35. The van der Waals surface area contributed by atoms with E-state index in [-0.39, 0.29) is 11.7 Å². The average molecular weight is 424 g/mol. The molecule has 1 fully saturated rings. The minimum absolute atomic E-state index is 0.00685. The Hall–Kier alpha value is -2.73. The lowest BCUT2D eigenvalue weighted by molar-refractivity contribution is 0.0772. The first kappa shape index (κ1) is 21.5. The number of hydrogen-bond donors (Lipinski definition) is 1. The first-order valence-corrected chi connectivity index (χ1v) is 11.4. The molecule has 0 aromatic heterocycles. The molecule has 0 saturated carbocycles. The van der Waals surface area contributed by atoms with E-state index in [9.17, 15) is 9.90 Å². The summed E-state index contributed by atoms with van der Waals surface area (Å²) in [5.74, 6) is 1.17. The molecule has 31 heavy (non-hydrogen) atoms. The lowest BCUT2D eigenvalue weighted by atomic mass is 10.1. The molecule has 1 amide bonds. The van der Waals surface area contributed by atoms with Gasteiger partial charge < -0.3 is 24.5 Å². The highest BCUT2D eigenvalue weighted by Gasteiger charge is 2.31. The molecule has 166 valence electrons. The monoisotopic (exact) mass is 423 g/mol. The minimum Gasteiger partial charge on any atom is -0.504 e. The summed E-state index contributed by atoms with van der Waals surface area (Å²) < 4.78 is 6.11. The van der Waals surface area contributed by atoms with Crippen molar-refractivity contribution in [1.29, 1.82) is 0 Å². The second-order valence-corrected chi connectivity index (χ2v) is 8.57. The van der Waals surface area contributed by atoms with Crippen molar-refractivity contribution in [3.63, 3.8) is 0 Å². The summed E-state index contributed by atoms with van der Waals surface area (Å²) in [4.78, 5) is 19.3. The fourth-order valence-electron chi connectivity index (χ4n) is 4.78. The molecule has 2 heterocycles. The Balaban J connectivity index is 1.66. The second kappa shape index (κ2) is 8.79. The van der Waals surface area contributed by atoms with Crippen LogP contribution in [0.15, 0.2) is 36.4 Å². The van der Waals surface area contributed by atoms with Gasteiger partial charge in [-0.2, -0.15) is 0 Å². The van der Waals surface area contributed by atoms with Crippen molar-refractivity contribution in [1.82, 2.24) is 9.80 Å². The van der Waals surface area contributed by atoms with Gasteiger partial charge in [-0.1, -0.05) is 6.07 Å². The number of benzene rings is 2. The number of ether oxygens (including phenoxy) is 1. The zero-order valence-corrected chi connectivity index (χ0v) is 19.0. The molecule has 2 aliphatic rings. The maximum absolute atomic E-state index is 12.9. The molecule has 6 heteroatoms. The Labute approximate surface area is 185 Å². The summed E-state index contributed by atoms with van der Waals surface area (Å²) in [6, 6.07) is 12.3. The number of amides is 1. The summed E-state index contributed by atoms with van der Waals surface area (Å²) in [5, 5.41) is 10.5. The molecule has 0 radical (unpaired) electrons. The zero-order valence-electron chi connectivity index (χ0n) is 19.0. The molecule has 2 aliphatic heterocycles. The van der Waals surface area contributed by atoms with Gasteiger partial charge in [0.2, 0.25) is 0 Å². The van der Waals surface area contributed by atoms with Crippen molar-refractivity contribution in [2.75, 3.05) is 31.6 Å². The molecule has 2 aromatic carbocycles. The second-order valence-electron chi connectivity index (χ2n) is 8.57. The average Bonchev–Trinajstić information content (AvgIpc) is 3.10. The van der Waals surface area contributed by atoms with Crippen molar-refractivity contribution >= 4 is 17.3 Å². The van der Waals surface area contributed by atoms with Crippen LogP contribution in [0.3, 0.4) is 0 Å². The van der Waals surface area contributed by atoms with E-state index in [2.05, 4.69) is 23.8 Å². The third kappa shape index (κ3) is 3.97. The number of anilines is 2. The molecule has 0 bridgehead atoms. The first-order chi connectivity index (χ1) is 14.9. The minimum atomic E-state index is -0.00685. The molecular formula is C25H33N3O3. The van der Waals surface area contributed by atoms with E-state index < -0.39 is 0 Å². The van der Waals surface area contributed by atoms with Crippen LogP contribution < -0.4 is 9.64 Å². The number of nitrogens with zero attached hydrogens (tertiary/aromatic N) is 3. The highest BCUT2D eigenvalue weighted by atomic mass is 16.5.